The van der Waals surface area contributed by atoms with Gasteiger partial charge in [-0.2, -0.15) is 0 Å². The number of phenolic OH excluding ortho intramolecular Hbond substituents is 2. The molecule has 1 aromatic heterocycles. The Balaban J connectivity index is 1.62. The third-order valence-electron chi connectivity index (χ3n) is 4.29. The van der Waals surface area contributed by atoms with Crippen LogP contribution < -0.4 is 4.74 Å². The van der Waals surface area contributed by atoms with Crippen LogP contribution in [0.1, 0.15) is 45.4 Å². The standard InChI is InChI=1S/C20H25N3O3/c1-2-3-4-5-6-7-12-26-16-9-10-17-18(14-16)22-23(21-17)19-11-8-15(24)13-20(19)25/h8-11,13-14,24-25H,2-7,12H2,1H3. The maximum Gasteiger partial charge on any atom is 0.146 e. The summed E-state index contributed by atoms with van der Waals surface area (Å²) in [7, 11) is 0. The van der Waals surface area contributed by atoms with E-state index in [0.717, 1.165) is 12.2 Å². The second-order valence-corrected chi connectivity index (χ2v) is 6.43. The van der Waals surface area contributed by atoms with E-state index in [1.165, 1.54) is 49.0 Å². The van der Waals surface area contributed by atoms with Crippen LogP contribution in [-0.2, 0) is 0 Å². The molecule has 2 N–H and O–H groups in total. The van der Waals surface area contributed by atoms with Crippen molar-refractivity contribution in [2.45, 2.75) is 45.4 Å². The minimum absolute atomic E-state index is 0.00617. The summed E-state index contributed by atoms with van der Waals surface area (Å²) in [6.45, 7) is 2.92. The summed E-state index contributed by atoms with van der Waals surface area (Å²) < 4.78 is 5.82. The Labute approximate surface area is 153 Å². The van der Waals surface area contributed by atoms with Gasteiger partial charge in [0.05, 0.1) is 6.61 Å². The number of benzene rings is 2. The first-order valence-electron chi connectivity index (χ1n) is 9.19. The molecule has 3 rings (SSSR count). The van der Waals surface area contributed by atoms with Crippen molar-refractivity contribution < 1.29 is 14.9 Å². The lowest BCUT2D eigenvalue weighted by Gasteiger charge is -2.05. The van der Waals surface area contributed by atoms with Gasteiger partial charge in [-0.25, -0.2) is 0 Å². The number of nitrogens with zero attached hydrogens (tertiary/aromatic N) is 3. The first-order valence-corrected chi connectivity index (χ1v) is 9.19. The van der Waals surface area contributed by atoms with Crippen LogP contribution in [0.3, 0.4) is 0 Å². The fourth-order valence-electron chi connectivity index (χ4n) is 2.85. The van der Waals surface area contributed by atoms with Gasteiger partial charge in [0.2, 0.25) is 0 Å². The SMILES string of the molecule is CCCCCCCCOc1ccc2nn(-c3ccc(O)cc3O)nc2c1. The van der Waals surface area contributed by atoms with Crippen molar-refractivity contribution in [3.05, 3.63) is 36.4 Å². The highest BCUT2D eigenvalue weighted by molar-refractivity contribution is 5.75. The minimum Gasteiger partial charge on any atom is -0.508 e. The van der Waals surface area contributed by atoms with E-state index in [-0.39, 0.29) is 11.5 Å². The van der Waals surface area contributed by atoms with Gasteiger partial charge in [0.25, 0.3) is 0 Å². The van der Waals surface area contributed by atoms with E-state index in [1.807, 2.05) is 18.2 Å². The lowest BCUT2D eigenvalue weighted by Crippen LogP contribution is -1.98. The highest BCUT2D eigenvalue weighted by Crippen LogP contribution is 2.26. The fraction of sp³-hybridized carbons (Fsp3) is 0.400. The molecule has 3 aromatic rings. The third-order valence-corrected chi connectivity index (χ3v) is 4.29. The van der Waals surface area contributed by atoms with Gasteiger partial charge in [-0.1, -0.05) is 39.0 Å². The first kappa shape index (κ1) is 18.0. The number of hydrogen-bond donors (Lipinski definition) is 2. The molecule has 0 aliphatic rings. The van der Waals surface area contributed by atoms with Crippen molar-refractivity contribution in [3.8, 4) is 22.9 Å². The van der Waals surface area contributed by atoms with Crippen molar-refractivity contribution in [1.29, 1.82) is 0 Å². The smallest absolute Gasteiger partial charge is 0.146 e. The topological polar surface area (TPSA) is 80.4 Å². The zero-order valence-electron chi connectivity index (χ0n) is 15.1. The minimum atomic E-state index is -0.0788. The predicted molar refractivity (Wildman–Crippen MR) is 101 cm³/mol. The van der Waals surface area contributed by atoms with Crippen LogP contribution in [0.2, 0.25) is 0 Å². The maximum absolute atomic E-state index is 9.96. The van der Waals surface area contributed by atoms with Crippen molar-refractivity contribution >= 4 is 11.0 Å². The second-order valence-electron chi connectivity index (χ2n) is 6.43. The summed E-state index contributed by atoms with van der Waals surface area (Å²) in [4.78, 5) is 1.36. The molecule has 0 amide bonds. The molecule has 0 bridgehead atoms. The first-order chi connectivity index (χ1) is 12.7. The molecule has 26 heavy (non-hydrogen) atoms. The molecule has 0 aliphatic carbocycles. The van der Waals surface area contributed by atoms with E-state index >= 15 is 0 Å². The van der Waals surface area contributed by atoms with Gasteiger partial charge in [-0.05, 0) is 30.7 Å². The third kappa shape index (κ3) is 4.45. The zero-order chi connectivity index (χ0) is 18.4. The summed E-state index contributed by atoms with van der Waals surface area (Å²) in [5.74, 6) is 0.686. The predicted octanol–water partition coefficient (Wildman–Crippen LogP) is 4.57. The monoisotopic (exact) mass is 355 g/mol. The molecule has 0 spiro atoms. The molecule has 0 aliphatic heterocycles. The van der Waals surface area contributed by atoms with Gasteiger partial charge in [0, 0.05) is 12.1 Å². The fourth-order valence-corrected chi connectivity index (χ4v) is 2.85. The molecule has 6 heteroatoms. The van der Waals surface area contributed by atoms with E-state index in [0.29, 0.717) is 23.3 Å². The maximum atomic E-state index is 9.96. The summed E-state index contributed by atoms with van der Waals surface area (Å²) in [6, 6.07) is 9.91. The summed E-state index contributed by atoms with van der Waals surface area (Å²) in [6.07, 6.45) is 7.38. The molecular formula is C20H25N3O3. The summed E-state index contributed by atoms with van der Waals surface area (Å²) >= 11 is 0. The number of aromatic hydroxyl groups is 2. The molecule has 1 heterocycles. The van der Waals surface area contributed by atoms with Crippen molar-refractivity contribution in [3.63, 3.8) is 0 Å². The number of ether oxygens (including phenoxy) is 1. The number of rotatable bonds is 9. The molecule has 0 unspecified atom stereocenters. The molecule has 0 saturated carbocycles. The van der Waals surface area contributed by atoms with Crippen LogP contribution in [0.5, 0.6) is 17.2 Å². The summed E-state index contributed by atoms with van der Waals surface area (Å²) in [5.41, 5.74) is 1.82. The van der Waals surface area contributed by atoms with Crippen LogP contribution in [0.15, 0.2) is 36.4 Å². The van der Waals surface area contributed by atoms with E-state index < -0.39 is 0 Å². The summed E-state index contributed by atoms with van der Waals surface area (Å²) in [5, 5.41) is 28.1. The molecule has 138 valence electrons. The van der Waals surface area contributed by atoms with Crippen LogP contribution in [0.25, 0.3) is 16.7 Å². The van der Waals surface area contributed by atoms with E-state index in [1.54, 1.807) is 6.07 Å². The number of unbranched alkanes of at least 4 members (excludes halogenated alkanes) is 5. The van der Waals surface area contributed by atoms with E-state index in [4.69, 9.17) is 4.74 Å². The Hall–Kier alpha value is -2.76. The normalized spacial score (nSPS) is 11.1. The van der Waals surface area contributed by atoms with Gasteiger partial charge in [-0.3, -0.25) is 0 Å². The number of fused-ring (bicyclic) bond motifs is 1. The largest absolute Gasteiger partial charge is 0.508 e. The van der Waals surface area contributed by atoms with Crippen molar-refractivity contribution in [2.24, 2.45) is 0 Å². The Morgan fingerprint density at radius 1 is 0.885 bits per heavy atom. The van der Waals surface area contributed by atoms with Gasteiger partial charge in [0.1, 0.15) is 34.0 Å². The second kappa shape index (κ2) is 8.56. The quantitative estimate of drug-likeness (QED) is 0.550. The average molecular weight is 355 g/mol. The van der Waals surface area contributed by atoms with Gasteiger partial charge < -0.3 is 14.9 Å². The zero-order valence-corrected chi connectivity index (χ0v) is 15.1. The van der Waals surface area contributed by atoms with Gasteiger partial charge >= 0.3 is 0 Å². The molecule has 0 radical (unpaired) electrons. The molecular weight excluding hydrogens is 330 g/mol. The van der Waals surface area contributed by atoms with Gasteiger partial charge in [-0.15, -0.1) is 15.0 Å². The van der Waals surface area contributed by atoms with Crippen LogP contribution >= 0.6 is 0 Å². The van der Waals surface area contributed by atoms with Gasteiger partial charge in [0.15, 0.2) is 0 Å². The number of hydrogen-bond acceptors (Lipinski definition) is 5. The van der Waals surface area contributed by atoms with Crippen LogP contribution in [0.4, 0.5) is 0 Å². The molecule has 0 atom stereocenters. The highest BCUT2D eigenvalue weighted by atomic mass is 16.5. The van der Waals surface area contributed by atoms with Crippen LogP contribution in [0, 0.1) is 0 Å². The Morgan fingerprint density at radius 2 is 1.65 bits per heavy atom. The van der Waals surface area contributed by atoms with E-state index in [9.17, 15) is 10.2 Å². The molecule has 0 fully saturated rings. The highest BCUT2D eigenvalue weighted by Gasteiger charge is 2.10. The van der Waals surface area contributed by atoms with Crippen molar-refractivity contribution in [1.82, 2.24) is 15.0 Å². The van der Waals surface area contributed by atoms with Crippen LogP contribution in [-0.4, -0.2) is 31.8 Å². The number of aromatic nitrogens is 3. The Bertz CT molecular complexity index is 861. The Kier molecular flexibility index (Phi) is 5.94. The molecule has 2 aromatic carbocycles. The van der Waals surface area contributed by atoms with Crippen molar-refractivity contribution in [2.75, 3.05) is 6.61 Å². The molecule has 6 nitrogen and oxygen atoms in total. The lowest BCUT2D eigenvalue weighted by atomic mass is 10.1. The average Bonchev–Trinajstić information content (AvgIpc) is 3.04. The lowest BCUT2D eigenvalue weighted by molar-refractivity contribution is 0.304. The Morgan fingerprint density at radius 3 is 2.46 bits per heavy atom. The number of phenols is 2. The molecule has 0 saturated heterocycles. The van der Waals surface area contributed by atoms with E-state index in [2.05, 4.69) is 17.1 Å².